The van der Waals surface area contributed by atoms with Crippen molar-refractivity contribution < 1.29 is 4.42 Å². The van der Waals surface area contributed by atoms with Gasteiger partial charge in [0.05, 0.1) is 11.2 Å². The molecule has 0 bridgehead atoms. The van der Waals surface area contributed by atoms with Gasteiger partial charge in [-0.2, -0.15) is 0 Å². The van der Waals surface area contributed by atoms with Crippen molar-refractivity contribution in [3.8, 4) is 50.2 Å². The van der Waals surface area contributed by atoms with Gasteiger partial charge in [0.2, 0.25) is 0 Å². The molecule has 0 saturated heterocycles. The summed E-state index contributed by atoms with van der Waals surface area (Å²) in [5, 5.41) is 4.82. The Morgan fingerprint density at radius 1 is 0.361 bits per heavy atom. The van der Waals surface area contributed by atoms with Gasteiger partial charge < -0.3 is 13.9 Å². The molecule has 0 aliphatic carbocycles. The van der Waals surface area contributed by atoms with Crippen LogP contribution >= 0.6 is 0 Å². The summed E-state index contributed by atoms with van der Waals surface area (Å²) in [4.78, 5) is 2.59. The largest absolute Gasteiger partial charge is 0.456 e. The molecule has 4 heterocycles. The Bertz CT molecular complexity index is 4150. The first-order valence-corrected chi connectivity index (χ1v) is 25.4. The van der Waals surface area contributed by atoms with Crippen LogP contribution in [0.4, 0.5) is 17.1 Å². The van der Waals surface area contributed by atoms with Crippen LogP contribution < -0.4 is 21.3 Å². The highest BCUT2D eigenvalue weighted by Crippen LogP contribution is 2.48. The van der Waals surface area contributed by atoms with Crippen LogP contribution in [0.15, 0.2) is 217 Å². The van der Waals surface area contributed by atoms with Gasteiger partial charge in [-0.15, -0.1) is 0 Å². The van der Waals surface area contributed by atoms with Crippen LogP contribution in [-0.2, 0) is 10.8 Å². The van der Waals surface area contributed by atoms with Crippen LogP contribution in [0.2, 0.25) is 0 Å². The zero-order valence-corrected chi connectivity index (χ0v) is 41.6. The lowest BCUT2D eigenvalue weighted by atomic mass is 9.33. The molecule has 14 rings (SSSR count). The van der Waals surface area contributed by atoms with E-state index in [1.165, 1.54) is 99.6 Å². The number of fused-ring (bicyclic) bond motifs is 10. The summed E-state index contributed by atoms with van der Waals surface area (Å²) in [6, 6.07) is 79.2. The fourth-order valence-electron chi connectivity index (χ4n) is 12.0. The average molecular weight is 925 g/mol. The van der Waals surface area contributed by atoms with Crippen LogP contribution in [-0.4, -0.2) is 11.3 Å². The molecule has 2 aliphatic heterocycles. The summed E-state index contributed by atoms with van der Waals surface area (Å²) >= 11 is 0. The number of furan rings is 1. The Morgan fingerprint density at radius 2 is 0.931 bits per heavy atom. The SMILES string of the molecule is CC(C)(C)c1ccc2c(c1)c1cc(C(C)(C)C)cc3c1n2-c1cc(-c2ccccc2)cc2c1B3c1cc3oc4ccc(-c5ccccc5)cc4c3cc1N2c1ccccc1-c1ccc(-c2ccccc2)cc1. The van der Waals surface area contributed by atoms with Crippen molar-refractivity contribution in [3.63, 3.8) is 0 Å². The van der Waals surface area contributed by atoms with Crippen molar-refractivity contribution in [1.82, 2.24) is 4.57 Å². The predicted octanol–water partition coefficient (Wildman–Crippen LogP) is 16.6. The molecular weight excluding hydrogens is 872 g/mol. The van der Waals surface area contributed by atoms with Crippen LogP contribution in [0.1, 0.15) is 52.7 Å². The molecule has 10 aromatic carbocycles. The van der Waals surface area contributed by atoms with E-state index in [1.54, 1.807) is 0 Å². The van der Waals surface area contributed by atoms with Crippen molar-refractivity contribution >= 4 is 83.9 Å². The van der Waals surface area contributed by atoms with E-state index in [4.69, 9.17) is 4.42 Å². The summed E-state index contributed by atoms with van der Waals surface area (Å²) < 4.78 is 9.60. The molecule has 2 aliphatic rings. The lowest BCUT2D eigenvalue weighted by molar-refractivity contribution is 0.590. The van der Waals surface area contributed by atoms with Crippen LogP contribution in [0.3, 0.4) is 0 Å². The van der Waals surface area contributed by atoms with E-state index >= 15 is 0 Å². The van der Waals surface area contributed by atoms with Crippen molar-refractivity contribution in [2.45, 2.75) is 52.4 Å². The second kappa shape index (κ2) is 15.6. The predicted molar refractivity (Wildman–Crippen MR) is 307 cm³/mol. The molecule has 72 heavy (non-hydrogen) atoms. The van der Waals surface area contributed by atoms with Crippen LogP contribution in [0, 0.1) is 0 Å². The van der Waals surface area contributed by atoms with E-state index in [-0.39, 0.29) is 17.5 Å². The van der Waals surface area contributed by atoms with Gasteiger partial charge in [-0.25, -0.2) is 0 Å². The molecule has 0 unspecified atom stereocenters. The van der Waals surface area contributed by atoms with Gasteiger partial charge in [0.1, 0.15) is 11.2 Å². The molecule has 2 aromatic heterocycles. The van der Waals surface area contributed by atoms with Gasteiger partial charge in [-0.3, -0.25) is 0 Å². The highest BCUT2D eigenvalue weighted by molar-refractivity contribution is 7.00. The van der Waals surface area contributed by atoms with Crippen molar-refractivity contribution in [1.29, 1.82) is 0 Å². The molecule has 4 heteroatoms. The highest BCUT2D eigenvalue weighted by Gasteiger charge is 2.44. The van der Waals surface area contributed by atoms with E-state index in [1.807, 2.05) is 0 Å². The third-order valence-corrected chi connectivity index (χ3v) is 15.7. The Morgan fingerprint density at radius 3 is 1.62 bits per heavy atom. The van der Waals surface area contributed by atoms with Gasteiger partial charge >= 0.3 is 0 Å². The zero-order chi connectivity index (χ0) is 48.6. The van der Waals surface area contributed by atoms with E-state index < -0.39 is 0 Å². The number of rotatable bonds is 5. The van der Waals surface area contributed by atoms with Gasteiger partial charge in [0.25, 0.3) is 6.71 Å². The first kappa shape index (κ1) is 42.5. The molecular formula is C68H53BN2O. The molecule has 0 amide bonds. The number of benzene rings is 10. The normalized spacial score (nSPS) is 13.1. The lowest BCUT2D eigenvalue weighted by Gasteiger charge is -2.41. The Balaban J connectivity index is 1.12. The molecule has 0 atom stereocenters. The molecule has 344 valence electrons. The van der Waals surface area contributed by atoms with E-state index in [2.05, 4.69) is 263 Å². The monoisotopic (exact) mass is 924 g/mol. The summed E-state index contributed by atoms with van der Waals surface area (Å²) in [6.07, 6.45) is 0. The second-order valence-corrected chi connectivity index (χ2v) is 22.1. The minimum atomic E-state index is -0.0985. The van der Waals surface area contributed by atoms with E-state index in [0.29, 0.717) is 0 Å². The molecule has 0 saturated carbocycles. The lowest BCUT2D eigenvalue weighted by Crippen LogP contribution is -2.60. The number of hydrogen-bond acceptors (Lipinski definition) is 2. The third-order valence-electron chi connectivity index (χ3n) is 15.7. The maximum Gasteiger partial charge on any atom is 0.252 e. The number of aromatic nitrogens is 1. The standard InChI is InChI=1S/C68H53BN2O/c1-67(2,3)49-31-32-59-52(37-49)55-38-50(68(4,5)6)39-57-66(55)71(59)62-36-48(44-22-14-9-15-23-44)35-61-65(62)69(57)56-41-64-54(53-34-47(30-33-63(53)72-64)43-20-12-8-13-21-43)40-60(56)70(61)58-25-17-16-24-51(58)46-28-26-45(27-29-46)42-18-10-7-11-19-42/h7-41H,1-6H3. The smallest absolute Gasteiger partial charge is 0.252 e. The number of hydrogen-bond donors (Lipinski definition) is 0. The van der Waals surface area contributed by atoms with E-state index in [0.717, 1.165) is 38.9 Å². The fourth-order valence-corrected chi connectivity index (χ4v) is 12.0. The summed E-state index contributed by atoms with van der Waals surface area (Å²) in [7, 11) is 0. The van der Waals surface area contributed by atoms with Crippen LogP contribution in [0.25, 0.3) is 93.9 Å². The summed E-state index contributed by atoms with van der Waals surface area (Å²) in [6.45, 7) is 14.0. The minimum absolute atomic E-state index is 0.0151. The maximum atomic E-state index is 6.99. The Kier molecular flexibility index (Phi) is 9.21. The zero-order valence-electron chi connectivity index (χ0n) is 41.6. The molecule has 0 fully saturated rings. The van der Waals surface area contributed by atoms with Crippen molar-refractivity contribution in [2.75, 3.05) is 4.90 Å². The second-order valence-electron chi connectivity index (χ2n) is 22.1. The third kappa shape index (κ3) is 6.51. The maximum absolute atomic E-state index is 6.99. The number of para-hydroxylation sites is 1. The first-order chi connectivity index (χ1) is 35.0. The van der Waals surface area contributed by atoms with Crippen molar-refractivity contribution in [3.05, 3.63) is 223 Å². The Hall–Kier alpha value is -8.34. The molecule has 12 aromatic rings. The highest BCUT2D eigenvalue weighted by atomic mass is 16.3. The number of anilines is 3. The quantitative estimate of drug-likeness (QED) is 0.160. The van der Waals surface area contributed by atoms with Gasteiger partial charge in [-0.1, -0.05) is 193 Å². The summed E-state index contributed by atoms with van der Waals surface area (Å²) in [5.41, 5.74) is 24.9. The first-order valence-electron chi connectivity index (χ1n) is 25.4. The van der Waals surface area contributed by atoms with Crippen LogP contribution in [0.5, 0.6) is 0 Å². The molecule has 3 nitrogen and oxygen atoms in total. The Labute approximate surface area is 421 Å². The van der Waals surface area contributed by atoms with E-state index in [9.17, 15) is 0 Å². The minimum Gasteiger partial charge on any atom is -0.456 e. The fraction of sp³-hybridized carbons (Fsp3) is 0.118. The van der Waals surface area contributed by atoms with Gasteiger partial charge in [0.15, 0.2) is 0 Å². The summed E-state index contributed by atoms with van der Waals surface area (Å²) in [5.74, 6) is 0. The molecule has 0 radical (unpaired) electrons. The van der Waals surface area contributed by atoms with Gasteiger partial charge in [-0.05, 0) is 138 Å². The molecule has 0 spiro atoms. The number of nitrogens with zero attached hydrogens (tertiary/aromatic N) is 2. The van der Waals surface area contributed by atoms with Gasteiger partial charge in [0, 0.05) is 49.7 Å². The van der Waals surface area contributed by atoms with Crippen molar-refractivity contribution in [2.24, 2.45) is 0 Å². The molecule has 0 N–H and O–H groups in total. The topological polar surface area (TPSA) is 21.3 Å². The average Bonchev–Trinajstić information content (AvgIpc) is 3.94.